The van der Waals surface area contributed by atoms with Crippen LogP contribution in [0.4, 0.5) is 4.39 Å². The van der Waals surface area contributed by atoms with Crippen LogP contribution >= 0.6 is 11.6 Å². The molecule has 1 aliphatic carbocycles. The standard InChI is InChI=1S/C15H22ClFN2/c16-13-7-6-12(15(17)10-13)9-14(19-18)8-5-11-3-1-2-4-11/h6-7,10-11,14,19H,1-5,8-9,18H2. The van der Waals surface area contributed by atoms with E-state index in [9.17, 15) is 4.39 Å². The van der Waals surface area contributed by atoms with Crippen LogP contribution in [0.15, 0.2) is 18.2 Å². The summed E-state index contributed by atoms with van der Waals surface area (Å²) in [6.07, 6.45) is 8.20. The first-order valence-electron chi connectivity index (χ1n) is 7.09. The molecule has 0 aliphatic heterocycles. The normalized spacial score (nSPS) is 17.8. The second kappa shape index (κ2) is 7.22. The fourth-order valence-electron chi connectivity index (χ4n) is 2.93. The third-order valence-electron chi connectivity index (χ3n) is 4.12. The Morgan fingerprint density at radius 3 is 2.74 bits per heavy atom. The highest BCUT2D eigenvalue weighted by atomic mass is 35.5. The molecule has 4 heteroatoms. The monoisotopic (exact) mass is 284 g/mol. The van der Waals surface area contributed by atoms with Crippen LogP contribution in [0.1, 0.15) is 44.1 Å². The van der Waals surface area contributed by atoms with Crippen molar-refractivity contribution in [2.75, 3.05) is 0 Å². The van der Waals surface area contributed by atoms with Crippen molar-refractivity contribution >= 4 is 11.6 Å². The number of benzene rings is 1. The largest absolute Gasteiger partial charge is 0.271 e. The number of hydrogen-bond acceptors (Lipinski definition) is 2. The summed E-state index contributed by atoms with van der Waals surface area (Å²) < 4.78 is 13.7. The molecule has 2 rings (SSSR count). The van der Waals surface area contributed by atoms with Crippen LogP contribution in [-0.2, 0) is 6.42 Å². The van der Waals surface area contributed by atoms with Gasteiger partial charge in [0.15, 0.2) is 0 Å². The molecule has 19 heavy (non-hydrogen) atoms. The Kier molecular flexibility index (Phi) is 5.61. The van der Waals surface area contributed by atoms with Gasteiger partial charge in [-0.25, -0.2) is 4.39 Å². The lowest BCUT2D eigenvalue weighted by Gasteiger charge is -2.18. The Hall–Kier alpha value is -0.640. The lowest BCUT2D eigenvalue weighted by atomic mass is 9.95. The van der Waals surface area contributed by atoms with Crippen LogP contribution in [-0.4, -0.2) is 6.04 Å². The summed E-state index contributed by atoms with van der Waals surface area (Å²) >= 11 is 5.75. The summed E-state index contributed by atoms with van der Waals surface area (Å²) in [5, 5.41) is 0.435. The molecular formula is C15H22ClFN2. The smallest absolute Gasteiger partial charge is 0.127 e. The SMILES string of the molecule is NNC(CCC1CCCC1)Cc1ccc(Cl)cc1F. The molecule has 0 spiro atoms. The van der Waals surface area contributed by atoms with Crippen LogP contribution in [0.2, 0.25) is 5.02 Å². The number of nitrogens with one attached hydrogen (secondary N) is 1. The minimum absolute atomic E-state index is 0.135. The van der Waals surface area contributed by atoms with Crippen molar-refractivity contribution in [2.24, 2.45) is 11.8 Å². The summed E-state index contributed by atoms with van der Waals surface area (Å²) in [6.45, 7) is 0. The highest BCUT2D eigenvalue weighted by molar-refractivity contribution is 6.30. The maximum atomic E-state index is 13.7. The van der Waals surface area contributed by atoms with Gasteiger partial charge in [-0.1, -0.05) is 43.4 Å². The van der Waals surface area contributed by atoms with Crippen LogP contribution in [0.5, 0.6) is 0 Å². The average molecular weight is 285 g/mol. The molecule has 1 aromatic rings. The fraction of sp³-hybridized carbons (Fsp3) is 0.600. The first-order valence-corrected chi connectivity index (χ1v) is 7.47. The van der Waals surface area contributed by atoms with E-state index in [4.69, 9.17) is 17.4 Å². The molecule has 0 heterocycles. The van der Waals surface area contributed by atoms with E-state index in [2.05, 4.69) is 5.43 Å². The lowest BCUT2D eigenvalue weighted by molar-refractivity contribution is 0.403. The Bertz CT molecular complexity index is 405. The first-order chi connectivity index (χ1) is 9.19. The zero-order valence-electron chi connectivity index (χ0n) is 11.2. The van der Waals surface area contributed by atoms with Gasteiger partial charge in [0.25, 0.3) is 0 Å². The highest BCUT2D eigenvalue weighted by Crippen LogP contribution is 2.29. The summed E-state index contributed by atoms with van der Waals surface area (Å²) in [5.74, 6) is 6.18. The Balaban J connectivity index is 1.86. The van der Waals surface area contributed by atoms with Crippen molar-refractivity contribution in [1.82, 2.24) is 5.43 Å². The number of rotatable bonds is 6. The van der Waals surface area contributed by atoms with Gasteiger partial charge in [0.2, 0.25) is 0 Å². The van der Waals surface area contributed by atoms with Crippen LogP contribution in [0.25, 0.3) is 0 Å². The number of nitrogens with two attached hydrogens (primary N) is 1. The van der Waals surface area contributed by atoms with Gasteiger partial charge in [0.1, 0.15) is 5.82 Å². The predicted molar refractivity (Wildman–Crippen MR) is 77.4 cm³/mol. The van der Waals surface area contributed by atoms with E-state index in [-0.39, 0.29) is 11.9 Å². The van der Waals surface area contributed by atoms with Crippen molar-refractivity contribution < 1.29 is 4.39 Å². The molecule has 1 aliphatic rings. The third-order valence-corrected chi connectivity index (χ3v) is 4.35. The quantitative estimate of drug-likeness (QED) is 0.615. The van der Waals surface area contributed by atoms with Crippen LogP contribution in [0.3, 0.4) is 0 Å². The molecule has 3 N–H and O–H groups in total. The van der Waals surface area contributed by atoms with Crippen molar-refractivity contribution in [3.8, 4) is 0 Å². The van der Waals surface area contributed by atoms with E-state index in [0.29, 0.717) is 17.0 Å². The van der Waals surface area contributed by atoms with E-state index in [1.165, 1.54) is 38.2 Å². The maximum Gasteiger partial charge on any atom is 0.127 e. The zero-order valence-corrected chi connectivity index (χ0v) is 11.9. The van der Waals surface area contributed by atoms with E-state index >= 15 is 0 Å². The van der Waals surface area contributed by atoms with Gasteiger partial charge in [-0.15, -0.1) is 0 Å². The molecule has 0 aromatic heterocycles. The van der Waals surface area contributed by atoms with E-state index in [1.807, 2.05) is 0 Å². The molecule has 106 valence electrons. The average Bonchev–Trinajstić information content (AvgIpc) is 2.90. The number of halogens is 2. The van der Waals surface area contributed by atoms with Crippen LogP contribution in [0, 0.1) is 11.7 Å². The van der Waals surface area contributed by atoms with Gasteiger partial charge >= 0.3 is 0 Å². The van der Waals surface area contributed by atoms with E-state index < -0.39 is 0 Å². The minimum atomic E-state index is -0.242. The first kappa shape index (κ1) is 14.8. The van der Waals surface area contributed by atoms with Crippen molar-refractivity contribution in [3.05, 3.63) is 34.6 Å². The van der Waals surface area contributed by atoms with Crippen molar-refractivity contribution in [2.45, 2.75) is 51.0 Å². The topological polar surface area (TPSA) is 38.0 Å². The molecule has 1 fully saturated rings. The van der Waals surface area contributed by atoms with Crippen molar-refractivity contribution in [3.63, 3.8) is 0 Å². The van der Waals surface area contributed by atoms with Gasteiger partial charge in [-0.2, -0.15) is 0 Å². The third kappa shape index (κ3) is 4.44. The summed E-state index contributed by atoms with van der Waals surface area (Å²) in [5.41, 5.74) is 3.50. The molecule has 0 saturated heterocycles. The number of hydrazine groups is 1. The molecular weight excluding hydrogens is 263 g/mol. The molecule has 1 atom stereocenters. The Morgan fingerprint density at radius 1 is 1.37 bits per heavy atom. The van der Waals surface area contributed by atoms with Gasteiger partial charge in [-0.05, 0) is 42.9 Å². The van der Waals surface area contributed by atoms with E-state index in [0.717, 1.165) is 12.3 Å². The zero-order chi connectivity index (χ0) is 13.7. The van der Waals surface area contributed by atoms with Gasteiger partial charge < -0.3 is 0 Å². The maximum absolute atomic E-state index is 13.7. The van der Waals surface area contributed by atoms with Crippen LogP contribution < -0.4 is 11.3 Å². The minimum Gasteiger partial charge on any atom is -0.271 e. The summed E-state index contributed by atoms with van der Waals surface area (Å²) in [4.78, 5) is 0. The molecule has 0 amide bonds. The molecule has 0 bridgehead atoms. The fourth-order valence-corrected chi connectivity index (χ4v) is 3.09. The highest BCUT2D eigenvalue weighted by Gasteiger charge is 2.18. The molecule has 0 radical (unpaired) electrons. The van der Waals surface area contributed by atoms with Gasteiger partial charge in [0.05, 0.1) is 0 Å². The molecule has 1 unspecified atom stereocenters. The lowest BCUT2D eigenvalue weighted by Crippen LogP contribution is -2.37. The second-order valence-corrected chi connectivity index (χ2v) is 5.97. The van der Waals surface area contributed by atoms with Crippen molar-refractivity contribution in [1.29, 1.82) is 0 Å². The second-order valence-electron chi connectivity index (χ2n) is 5.53. The molecule has 1 aromatic carbocycles. The number of hydrogen-bond donors (Lipinski definition) is 2. The van der Waals surface area contributed by atoms with Gasteiger partial charge in [0, 0.05) is 11.1 Å². The summed E-state index contributed by atoms with van der Waals surface area (Å²) in [6, 6.07) is 4.97. The predicted octanol–water partition coefficient (Wildman–Crippen LogP) is 3.82. The van der Waals surface area contributed by atoms with Gasteiger partial charge in [-0.3, -0.25) is 11.3 Å². The Labute approximate surface area is 119 Å². The molecule has 1 saturated carbocycles. The molecule has 2 nitrogen and oxygen atoms in total. The summed E-state index contributed by atoms with van der Waals surface area (Å²) in [7, 11) is 0. The Morgan fingerprint density at radius 2 is 2.11 bits per heavy atom. The van der Waals surface area contributed by atoms with E-state index in [1.54, 1.807) is 12.1 Å².